The first-order chi connectivity index (χ1) is 9.02. The minimum atomic E-state index is -0.155. The minimum Gasteiger partial charge on any atom is -0.312 e. The van der Waals surface area contributed by atoms with Crippen LogP contribution in [0.25, 0.3) is 5.69 Å². The number of nitriles is 1. The quantitative estimate of drug-likeness (QED) is 0.821. The lowest BCUT2D eigenvalue weighted by molar-refractivity contribution is -0.116. The standard InChI is InChI=1S/C11H9ClN6O/c1-7(19)17(2)9-6-18(16-11(9)12)8-4-14-10(3-13)15-5-8/h4-6H,1-2H3. The van der Waals surface area contributed by atoms with Gasteiger partial charge in [0.2, 0.25) is 11.7 Å². The molecule has 0 radical (unpaired) electrons. The van der Waals surface area contributed by atoms with E-state index in [0.717, 1.165) is 0 Å². The second-order valence-corrected chi connectivity index (χ2v) is 4.06. The highest BCUT2D eigenvalue weighted by molar-refractivity contribution is 6.32. The summed E-state index contributed by atoms with van der Waals surface area (Å²) >= 11 is 5.97. The lowest BCUT2D eigenvalue weighted by Crippen LogP contribution is -2.22. The van der Waals surface area contributed by atoms with Crippen molar-refractivity contribution in [1.29, 1.82) is 5.26 Å². The van der Waals surface area contributed by atoms with E-state index in [1.165, 1.54) is 28.9 Å². The molecular weight excluding hydrogens is 268 g/mol. The number of hydrogen-bond acceptors (Lipinski definition) is 5. The Morgan fingerprint density at radius 3 is 2.63 bits per heavy atom. The summed E-state index contributed by atoms with van der Waals surface area (Å²) in [5, 5.41) is 12.9. The summed E-state index contributed by atoms with van der Waals surface area (Å²) in [5.74, 6) is -0.0828. The number of carbonyl (C=O) groups is 1. The van der Waals surface area contributed by atoms with Gasteiger partial charge in [0.15, 0.2) is 5.15 Å². The fourth-order valence-corrected chi connectivity index (χ4v) is 1.62. The summed E-state index contributed by atoms with van der Waals surface area (Å²) in [6.07, 6.45) is 4.49. The molecule has 0 unspecified atom stereocenters. The molecule has 2 heterocycles. The van der Waals surface area contributed by atoms with Crippen molar-refractivity contribution in [3.05, 3.63) is 29.6 Å². The van der Waals surface area contributed by atoms with E-state index in [1.807, 2.05) is 6.07 Å². The van der Waals surface area contributed by atoms with E-state index in [9.17, 15) is 4.79 Å². The molecule has 0 saturated carbocycles. The number of nitrogens with zero attached hydrogens (tertiary/aromatic N) is 6. The zero-order chi connectivity index (χ0) is 14.0. The van der Waals surface area contributed by atoms with E-state index in [1.54, 1.807) is 13.2 Å². The van der Waals surface area contributed by atoms with Gasteiger partial charge in [-0.15, -0.1) is 0 Å². The van der Waals surface area contributed by atoms with Crippen LogP contribution < -0.4 is 4.90 Å². The van der Waals surface area contributed by atoms with E-state index in [0.29, 0.717) is 11.4 Å². The van der Waals surface area contributed by atoms with E-state index < -0.39 is 0 Å². The predicted molar refractivity (Wildman–Crippen MR) is 68.0 cm³/mol. The molecule has 96 valence electrons. The van der Waals surface area contributed by atoms with Crippen molar-refractivity contribution in [1.82, 2.24) is 19.7 Å². The number of anilines is 1. The van der Waals surface area contributed by atoms with Crippen LogP contribution in [0.1, 0.15) is 12.7 Å². The summed E-state index contributed by atoms with van der Waals surface area (Å²) in [4.78, 5) is 20.4. The first-order valence-electron chi connectivity index (χ1n) is 5.25. The molecule has 0 aromatic carbocycles. The van der Waals surface area contributed by atoms with E-state index in [4.69, 9.17) is 16.9 Å². The van der Waals surface area contributed by atoms with Gasteiger partial charge in [-0.05, 0) is 0 Å². The lowest BCUT2D eigenvalue weighted by Gasteiger charge is -2.11. The van der Waals surface area contributed by atoms with Crippen LogP contribution in [-0.2, 0) is 4.79 Å². The third-order valence-corrected chi connectivity index (χ3v) is 2.76. The van der Waals surface area contributed by atoms with Crippen LogP contribution in [0, 0.1) is 11.3 Å². The third kappa shape index (κ3) is 2.53. The average Bonchev–Trinajstić information content (AvgIpc) is 2.80. The smallest absolute Gasteiger partial charge is 0.232 e. The number of hydrogen-bond donors (Lipinski definition) is 0. The van der Waals surface area contributed by atoms with Gasteiger partial charge in [-0.1, -0.05) is 11.6 Å². The Balaban J connectivity index is 2.39. The molecule has 0 aliphatic rings. The minimum absolute atomic E-state index is 0.0723. The zero-order valence-corrected chi connectivity index (χ0v) is 11.0. The SMILES string of the molecule is CC(=O)N(C)c1cn(-c2cnc(C#N)nc2)nc1Cl. The second-order valence-electron chi connectivity index (χ2n) is 3.70. The maximum atomic E-state index is 11.3. The monoisotopic (exact) mass is 276 g/mol. The number of aromatic nitrogens is 4. The molecule has 0 N–H and O–H groups in total. The Labute approximate surface area is 114 Å². The van der Waals surface area contributed by atoms with Crippen molar-refractivity contribution in [2.75, 3.05) is 11.9 Å². The average molecular weight is 277 g/mol. The molecule has 0 aliphatic heterocycles. The highest BCUT2D eigenvalue weighted by Crippen LogP contribution is 2.24. The van der Waals surface area contributed by atoms with Gasteiger partial charge >= 0.3 is 0 Å². The van der Waals surface area contributed by atoms with Crippen LogP contribution in [0.4, 0.5) is 5.69 Å². The Bertz CT molecular complexity index is 657. The van der Waals surface area contributed by atoms with Gasteiger partial charge in [0, 0.05) is 14.0 Å². The molecule has 0 saturated heterocycles. The topological polar surface area (TPSA) is 87.7 Å². The molecule has 0 bridgehead atoms. The Morgan fingerprint density at radius 1 is 1.47 bits per heavy atom. The molecule has 7 nitrogen and oxygen atoms in total. The molecule has 1 amide bonds. The molecule has 2 aromatic heterocycles. The van der Waals surface area contributed by atoms with Gasteiger partial charge in [-0.2, -0.15) is 10.4 Å². The molecule has 0 aliphatic carbocycles. The Hall–Kier alpha value is -2.46. The molecule has 2 rings (SSSR count). The van der Waals surface area contributed by atoms with Crippen LogP contribution >= 0.6 is 11.6 Å². The van der Waals surface area contributed by atoms with Crippen LogP contribution in [0.15, 0.2) is 18.6 Å². The summed E-state index contributed by atoms with van der Waals surface area (Å²) in [6, 6.07) is 1.82. The number of amides is 1. The van der Waals surface area contributed by atoms with Crippen LogP contribution in [0.3, 0.4) is 0 Å². The number of halogens is 1. The maximum Gasteiger partial charge on any atom is 0.232 e. The second kappa shape index (κ2) is 5.04. The number of carbonyl (C=O) groups excluding carboxylic acids is 1. The van der Waals surface area contributed by atoms with Crippen molar-refractivity contribution >= 4 is 23.2 Å². The van der Waals surface area contributed by atoms with Gasteiger partial charge in [-0.25, -0.2) is 14.6 Å². The van der Waals surface area contributed by atoms with Gasteiger partial charge in [0.1, 0.15) is 17.4 Å². The largest absolute Gasteiger partial charge is 0.312 e. The summed E-state index contributed by atoms with van der Waals surface area (Å²) in [5.41, 5.74) is 1.03. The van der Waals surface area contributed by atoms with Crippen molar-refractivity contribution in [2.45, 2.75) is 6.92 Å². The molecule has 0 spiro atoms. The normalized spacial score (nSPS) is 10.0. The van der Waals surface area contributed by atoms with Gasteiger partial charge < -0.3 is 4.90 Å². The van der Waals surface area contributed by atoms with Crippen LogP contribution in [0.5, 0.6) is 0 Å². The van der Waals surface area contributed by atoms with Crippen molar-refractivity contribution < 1.29 is 4.79 Å². The molecule has 19 heavy (non-hydrogen) atoms. The molecule has 0 atom stereocenters. The summed E-state index contributed by atoms with van der Waals surface area (Å²) in [6.45, 7) is 1.43. The van der Waals surface area contributed by atoms with Gasteiger partial charge in [0.25, 0.3) is 0 Å². The van der Waals surface area contributed by atoms with Crippen LogP contribution in [0.2, 0.25) is 5.15 Å². The van der Waals surface area contributed by atoms with Gasteiger partial charge in [-0.3, -0.25) is 4.79 Å². The fourth-order valence-electron chi connectivity index (χ4n) is 1.37. The molecule has 2 aromatic rings. The first kappa shape index (κ1) is 13.0. The fraction of sp³-hybridized carbons (Fsp3) is 0.182. The first-order valence-corrected chi connectivity index (χ1v) is 5.62. The molecule has 0 fully saturated rings. The van der Waals surface area contributed by atoms with E-state index >= 15 is 0 Å². The summed E-state index contributed by atoms with van der Waals surface area (Å²) < 4.78 is 1.44. The predicted octanol–water partition coefficient (Wildman–Crippen LogP) is 1.17. The van der Waals surface area contributed by atoms with Gasteiger partial charge in [0.05, 0.1) is 18.6 Å². The molecule has 8 heteroatoms. The summed E-state index contributed by atoms with van der Waals surface area (Å²) in [7, 11) is 1.60. The van der Waals surface area contributed by atoms with Crippen molar-refractivity contribution in [3.8, 4) is 11.8 Å². The zero-order valence-electron chi connectivity index (χ0n) is 10.2. The highest BCUT2D eigenvalue weighted by Gasteiger charge is 2.15. The number of rotatable bonds is 2. The third-order valence-electron chi connectivity index (χ3n) is 2.49. The Kier molecular flexibility index (Phi) is 3.44. The van der Waals surface area contributed by atoms with Crippen LogP contribution in [-0.4, -0.2) is 32.7 Å². The van der Waals surface area contributed by atoms with E-state index in [2.05, 4.69) is 15.1 Å². The van der Waals surface area contributed by atoms with Crippen molar-refractivity contribution in [3.63, 3.8) is 0 Å². The maximum absolute atomic E-state index is 11.3. The van der Waals surface area contributed by atoms with Crippen molar-refractivity contribution in [2.24, 2.45) is 0 Å². The Morgan fingerprint density at radius 2 is 2.11 bits per heavy atom. The lowest BCUT2D eigenvalue weighted by atomic mass is 10.4. The van der Waals surface area contributed by atoms with E-state index in [-0.39, 0.29) is 16.9 Å². The highest BCUT2D eigenvalue weighted by atomic mass is 35.5. The molecular formula is C11H9ClN6O.